The molecule has 0 aromatic carbocycles. The minimum absolute atomic E-state index is 0.455. The van der Waals surface area contributed by atoms with Gasteiger partial charge < -0.3 is 10.3 Å². The van der Waals surface area contributed by atoms with E-state index in [1.54, 1.807) is 6.20 Å². The van der Waals surface area contributed by atoms with Gasteiger partial charge in [-0.05, 0) is 40.2 Å². The second kappa shape index (κ2) is 4.51. The quantitative estimate of drug-likeness (QED) is 0.783. The summed E-state index contributed by atoms with van der Waals surface area (Å²) in [6, 6.07) is 7.36. The van der Waals surface area contributed by atoms with Gasteiger partial charge in [0.1, 0.15) is 5.69 Å². The Morgan fingerprint density at radius 1 is 1.22 bits per heavy atom. The third kappa shape index (κ3) is 2.14. The SMILES string of the molecule is Nc1ccc(-c2nc(-c3ccc(Br)cn3)no2)s1. The Bertz CT molecular complexity index is 676. The predicted octanol–water partition coefficient (Wildman–Crippen LogP) is 3.20. The van der Waals surface area contributed by atoms with Crippen molar-refractivity contribution < 1.29 is 4.52 Å². The summed E-state index contributed by atoms with van der Waals surface area (Å²) in [6.07, 6.45) is 1.69. The summed E-state index contributed by atoms with van der Waals surface area (Å²) in [4.78, 5) is 9.35. The molecule has 0 aliphatic carbocycles. The number of hydrogen-bond acceptors (Lipinski definition) is 6. The summed E-state index contributed by atoms with van der Waals surface area (Å²) in [5.74, 6) is 0.917. The van der Waals surface area contributed by atoms with Crippen LogP contribution in [0.2, 0.25) is 0 Å². The molecule has 3 aromatic rings. The number of pyridine rings is 1. The van der Waals surface area contributed by atoms with E-state index in [9.17, 15) is 0 Å². The lowest BCUT2D eigenvalue weighted by atomic mass is 10.3. The summed E-state index contributed by atoms with van der Waals surface area (Å²) >= 11 is 4.73. The molecule has 0 amide bonds. The third-order valence-electron chi connectivity index (χ3n) is 2.22. The fourth-order valence-electron chi connectivity index (χ4n) is 1.40. The van der Waals surface area contributed by atoms with E-state index in [0.29, 0.717) is 22.4 Å². The van der Waals surface area contributed by atoms with E-state index in [-0.39, 0.29) is 0 Å². The second-order valence-electron chi connectivity index (χ2n) is 3.49. The van der Waals surface area contributed by atoms with Crippen LogP contribution in [0.3, 0.4) is 0 Å². The largest absolute Gasteiger partial charge is 0.391 e. The highest BCUT2D eigenvalue weighted by atomic mass is 79.9. The summed E-state index contributed by atoms with van der Waals surface area (Å²) in [6.45, 7) is 0. The molecule has 3 aromatic heterocycles. The molecule has 0 atom stereocenters. The fourth-order valence-corrected chi connectivity index (χ4v) is 2.33. The maximum Gasteiger partial charge on any atom is 0.268 e. The van der Waals surface area contributed by atoms with E-state index in [1.807, 2.05) is 24.3 Å². The smallest absolute Gasteiger partial charge is 0.268 e. The molecule has 0 spiro atoms. The van der Waals surface area contributed by atoms with Crippen LogP contribution in [0.5, 0.6) is 0 Å². The zero-order valence-corrected chi connectivity index (χ0v) is 11.4. The Morgan fingerprint density at radius 3 is 2.78 bits per heavy atom. The Kier molecular flexibility index (Phi) is 2.85. The van der Waals surface area contributed by atoms with Crippen LogP contribution in [-0.2, 0) is 0 Å². The van der Waals surface area contributed by atoms with Crippen molar-refractivity contribution in [1.29, 1.82) is 0 Å². The molecule has 0 radical (unpaired) electrons. The second-order valence-corrected chi connectivity index (χ2v) is 5.52. The zero-order valence-electron chi connectivity index (χ0n) is 9.00. The van der Waals surface area contributed by atoms with Crippen LogP contribution in [0, 0.1) is 0 Å². The van der Waals surface area contributed by atoms with E-state index in [4.69, 9.17) is 10.3 Å². The lowest BCUT2D eigenvalue weighted by Gasteiger charge is -1.92. The average Bonchev–Trinajstić information content (AvgIpc) is 2.98. The van der Waals surface area contributed by atoms with E-state index < -0.39 is 0 Å². The Morgan fingerprint density at radius 2 is 2.11 bits per heavy atom. The summed E-state index contributed by atoms with van der Waals surface area (Å²) in [5, 5.41) is 4.62. The first-order chi connectivity index (χ1) is 8.72. The molecule has 5 nitrogen and oxygen atoms in total. The third-order valence-corrected chi connectivity index (χ3v) is 3.59. The van der Waals surface area contributed by atoms with Gasteiger partial charge in [0, 0.05) is 10.7 Å². The van der Waals surface area contributed by atoms with Gasteiger partial charge in [-0.25, -0.2) is 0 Å². The van der Waals surface area contributed by atoms with Gasteiger partial charge in [0.25, 0.3) is 5.89 Å². The van der Waals surface area contributed by atoms with Crippen LogP contribution in [0.1, 0.15) is 0 Å². The molecule has 3 heterocycles. The molecule has 2 N–H and O–H groups in total. The summed E-state index contributed by atoms with van der Waals surface area (Å²) in [5.41, 5.74) is 6.33. The van der Waals surface area contributed by atoms with Gasteiger partial charge in [-0.15, -0.1) is 11.3 Å². The molecular weight excluding hydrogens is 316 g/mol. The van der Waals surface area contributed by atoms with Crippen molar-refractivity contribution in [2.45, 2.75) is 0 Å². The maximum absolute atomic E-state index is 5.66. The molecule has 18 heavy (non-hydrogen) atoms. The van der Waals surface area contributed by atoms with E-state index in [2.05, 4.69) is 31.1 Å². The van der Waals surface area contributed by atoms with Gasteiger partial charge in [-0.2, -0.15) is 4.98 Å². The Balaban J connectivity index is 1.96. The van der Waals surface area contributed by atoms with Crippen molar-refractivity contribution in [1.82, 2.24) is 15.1 Å². The minimum Gasteiger partial charge on any atom is -0.391 e. The fraction of sp³-hybridized carbons (Fsp3) is 0. The van der Waals surface area contributed by atoms with Crippen LogP contribution in [0.25, 0.3) is 22.3 Å². The van der Waals surface area contributed by atoms with Gasteiger partial charge in [0.15, 0.2) is 0 Å². The van der Waals surface area contributed by atoms with Crippen molar-refractivity contribution in [3.8, 4) is 22.3 Å². The molecular formula is C11H7BrN4OS. The number of rotatable bonds is 2. The predicted molar refractivity (Wildman–Crippen MR) is 73.0 cm³/mol. The number of nitrogens with zero attached hydrogens (tertiary/aromatic N) is 3. The van der Waals surface area contributed by atoms with Gasteiger partial charge >= 0.3 is 0 Å². The Labute approximate surface area is 115 Å². The van der Waals surface area contributed by atoms with Crippen molar-refractivity contribution in [3.05, 3.63) is 34.9 Å². The highest BCUT2D eigenvalue weighted by Crippen LogP contribution is 2.29. The molecule has 3 rings (SSSR count). The van der Waals surface area contributed by atoms with E-state index in [0.717, 1.165) is 9.35 Å². The van der Waals surface area contributed by atoms with Crippen molar-refractivity contribution in [2.24, 2.45) is 0 Å². The molecule has 0 saturated carbocycles. The number of nitrogens with two attached hydrogens (primary N) is 1. The standard InChI is InChI=1S/C11H7BrN4OS/c12-6-1-2-7(14-5-6)10-15-11(17-16-10)8-3-4-9(13)18-8/h1-5H,13H2. The summed E-state index contributed by atoms with van der Waals surface area (Å²) in [7, 11) is 0. The first-order valence-corrected chi connectivity index (χ1v) is 6.64. The zero-order chi connectivity index (χ0) is 12.5. The molecule has 0 fully saturated rings. The van der Waals surface area contributed by atoms with Gasteiger partial charge in [-0.1, -0.05) is 5.16 Å². The van der Waals surface area contributed by atoms with Crippen LogP contribution in [-0.4, -0.2) is 15.1 Å². The highest BCUT2D eigenvalue weighted by molar-refractivity contribution is 9.10. The van der Waals surface area contributed by atoms with Crippen molar-refractivity contribution in [3.63, 3.8) is 0 Å². The van der Waals surface area contributed by atoms with E-state index in [1.165, 1.54) is 11.3 Å². The summed E-state index contributed by atoms with van der Waals surface area (Å²) < 4.78 is 6.09. The van der Waals surface area contributed by atoms with Crippen LogP contribution in [0.15, 0.2) is 39.5 Å². The first-order valence-electron chi connectivity index (χ1n) is 5.04. The molecule has 90 valence electrons. The lowest BCUT2D eigenvalue weighted by Crippen LogP contribution is -1.84. The monoisotopic (exact) mass is 322 g/mol. The van der Waals surface area contributed by atoms with Crippen molar-refractivity contribution >= 4 is 32.3 Å². The number of aromatic nitrogens is 3. The number of nitrogen functional groups attached to an aromatic ring is 1. The van der Waals surface area contributed by atoms with Crippen molar-refractivity contribution in [2.75, 3.05) is 5.73 Å². The van der Waals surface area contributed by atoms with Gasteiger partial charge in [0.05, 0.1) is 9.88 Å². The van der Waals surface area contributed by atoms with E-state index >= 15 is 0 Å². The highest BCUT2D eigenvalue weighted by Gasteiger charge is 2.12. The van der Waals surface area contributed by atoms with Crippen LogP contribution in [0.4, 0.5) is 5.00 Å². The maximum atomic E-state index is 5.66. The minimum atomic E-state index is 0.455. The number of hydrogen-bond donors (Lipinski definition) is 1. The molecule has 0 saturated heterocycles. The Hall–Kier alpha value is -1.73. The lowest BCUT2D eigenvalue weighted by molar-refractivity contribution is 0.433. The van der Waals surface area contributed by atoms with Crippen LogP contribution < -0.4 is 5.73 Å². The molecule has 7 heteroatoms. The molecule has 0 bridgehead atoms. The first kappa shape index (κ1) is 11.4. The molecule has 0 aliphatic rings. The van der Waals surface area contributed by atoms with Crippen LogP contribution >= 0.6 is 27.3 Å². The van der Waals surface area contributed by atoms with Gasteiger partial charge in [-0.3, -0.25) is 4.98 Å². The topological polar surface area (TPSA) is 77.8 Å². The van der Waals surface area contributed by atoms with Gasteiger partial charge in [0.2, 0.25) is 5.82 Å². The average molecular weight is 323 g/mol. The number of halogens is 1. The normalized spacial score (nSPS) is 10.7. The number of anilines is 1. The molecule has 0 aliphatic heterocycles. The molecule has 0 unspecified atom stereocenters. The number of thiophene rings is 1.